The minimum Gasteiger partial charge on any atom is -0.485 e. The number of carbonyl (C=O) groups excluding carboxylic acids is 1. The van der Waals surface area contributed by atoms with Crippen molar-refractivity contribution in [3.63, 3.8) is 0 Å². The Morgan fingerprint density at radius 2 is 2.24 bits per heavy atom. The summed E-state index contributed by atoms with van der Waals surface area (Å²) in [7, 11) is 0. The van der Waals surface area contributed by atoms with E-state index in [9.17, 15) is 9.18 Å². The number of rotatable bonds is 4. The monoisotopic (exact) mass is 250 g/mol. The number of benzene rings is 1. The molecule has 0 saturated heterocycles. The van der Waals surface area contributed by atoms with Crippen LogP contribution in [0.4, 0.5) is 4.39 Å². The summed E-state index contributed by atoms with van der Waals surface area (Å²) in [6, 6.07) is 7.81. The van der Waals surface area contributed by atoms with Gasteiger partial charge < -0.3 is 4.74 Å². The van der Waals surface area contributed by atoms with Gasteiger partial charge >= 0.3 is 0 Å². The van der Waals surface area contributed by atoms with Crippen LogP contribution < -0.4 is 4.74 Å². The number of carbonyl (C=O) groups is 1. The molecule has 1 heterocycles. The average Bonchev–Trinajstić information content (AvgIpc) is 2.81. The van der Waals surface area contributed by atoms with Gasteiger partial charge in [-0.05, 0) is 42.1 Å². The lowest BCUT2D eigenvalue weighted by Gasteiger charge is -2.07. The maximum atomic E-state index is 12.8. The fraction of sp³-hybridized carbons (Fsp3) is 0.154. The molecule has 0 amide bonds. The summed E-state index contributed by atoms with van der Waals surface area (Å²) < 4.78 is 18.2. The van der Waals surface area contributed by atoms with Crippen LogP contribution in [-0.4, -0.2) is 12.4 Å². The first kappa shape index (κ1) is 11.8. The Morgan fingerprint density at radius 3 is 2.88 bits per heavy atom. The summed E-state index contributed by atoms with van der Waals surface area (Å²) in [6.07, 6.45) is 0. The van der Waals surface area contributed by atoms with E-state index in [1.807, 2.05) is 11.4 Å². The highest BCUT2D eigenvalue weighted by Crippen LogP contribution is 2.19. The van der Waals surface area contributed by atoms with Crippen molar-refractivity contribution >= 4 is 17.1 Å². The number of aryl methyl sites for hydroxylation is 1. The molecule has 0 fully saturated rings. The molecule has 88 valence electrons. The third-order valence-electron chi connectivity index (χ3n) is 2.29. The van der Waals surface area contributed by atoms with Crippen molar-refractivity contribution in [2.24, 2.45) is 0 Å². The van der Waals surface area contributed by atoms with Crippen molar-refractivity contribution < 1.29 is 13.9 Å². The third kappa shape index (κ3) is 2.91. The lowest BCUT2D eigenvalue weighted by molar-refractivity contribution is 0.0925. The van der Waals surface area contributed by atoms with E-state index in [2.05, 4.69) is 0 Å². The molecule has 0 aliphatic rings. The minimum absolute atomic E-state index is 0.0208. The van der Waals surface area contributed by atoms with Crippen LogP contribution in [0.3, 0.4) is 0 Å². The second-order valence-electron chi connectivity index (χ2n) is 3.60. The third-order valence-corrected chi connectivity index (χ3v) is 3.20. The highest BCUT2D eigenvalue weighted by atomic mass is 32.1. The van der Waals surface area contributed by atoms with Crippen LogP contribution in [0.5, 0.6) is 5.75 Å². The molecule has 4 heteroatoms. The first-order chi connectivity index (χ1) is 8.16. The molecule has 1 aromatic heterocycles. The van der Waals surface area contributed by atoms with Crippen molar-refractivity contribution in [1.82, 2.24) is 0 Å². The Hall–Kier alpha value is -1.68. The predicted molar refractivity (Wildman–Crippen MR) is 65.3 cm³/mol. The van der Waals surface area contributed by atoms with Gasteiger partial charge in [0, 0.05) is 0 Å². The van der Waals surface area contributed by atoms with Crippen LogP contribution >= 0.6 is 11.3 Å². The van der Waals surface area contributed by atoms with Crippen LogP contribution in [0, 0.1) is 12.7 Å². The fourth-order valence-electron chi connectivity index (χ4n) is 1.43. The van der Waals surface area contributed by atoms with E-state index in [1.165, 1.54) is 29.5 Å². The van der Waals surface area contributed by atoms with Gasteiger partial charge in [0.25, 0.3) is 0 Å². The Bertz CT molecular complexity index is 520. The van der Waals surface area contributed by atoms with Crippen molar-refractivity contribution in [1.29, 1.82) is 0 Å². The zero-order chi connectivity index (χ0) is 12.3. The second kappa shape index (κ2) is 5.10. The average molecular weight is 250 g/mol. The van der Waals surface area contributed by atoms with Crippen LogP contribution in [0.15, 0.2) is 35.7 Å². The standard InChI is InChI=1S/C13H11FO2S/c1-9-7-10(14)4-5-12(9)16-8-11(15)13-3-2-6-17-13/h2-7H,8H2,1H3. The van der Waals surface area contributed by atoms with E-state index in [-0.39, 0.29) is 18.2 Å². The molecule has 0 N–H and O–H groups in total. The molecule has 0 bridgehead atoms. The SMILES string of the molecule is Cc1cc(F)ccc1OCC(=O)c1cccs1. The number of ether oxygens (including phenoxy) is 1. The largest absolute Gasteiger partial charge is 0.485 e. The predicted octanol–water partition coefficient (Wildman–Crippen LogP) is 3.46. The number of Topliss-reactive ketones (excluding diaryl/α,β-unsaturated/α-hetero) is 1. The van der Waals surface area contributed by atoms with Gasteiger partial charge in [-0.1, -0.05) is 6.07 Å². The first-order valence-electron chi connectivity index (χ1n) is 5.12. The molecule has 0 aliphatic heterocycles. The van der Waals surface area contributed by atoms with E-state index in [0.29, 0.717) is 16.2 Å². The van der Waals surface area contributed by atoms with E-state index in [4.69, 9.17) is 4.74 Å². The van der Waals surface area contributed by atoms with Gasteiger partial charge in [0.1, 0.15) is 11.6 Å². The van der Waals surface area contributed by atoms with Gasteiger partial charge in [-0.15, -0.1) is 11.3 Å². The van der Waals surface area contributed by atoms with E-state index < -0.39 is 0 Å². The van der Waals surface area contributed by atoms with Gasteiger partial charge in [0.2, 0.25) is 5.78 Å². The van der Waals surface area contributed by atoms with Gasteiger partial charge in [0.05, 0.1) is 4.88 Å². The van der Waals surface area contributed by atoms with Crippen molar-refractivity contribution in [3.05, 3.63) is 52.0 Å². The fourth-order valence-corrected chi connectivity index (χ4v) is 2.08. The normalized spacial score (nSPS) is 10.2. The summed E-state index contributed by atoms with van der Waals surface area (Å²) in [5, 5.41) is 1.84. The lowest BCUT2D eigenvalue weighted by atomic mass is 10.2. The number of ketones is 1. The Balaban J connectivity index is 2.01. The van der Waals surface area contributed by atoms with Gasteiger partial charge in [-0.2, -0.15) is 0 Å². The summed E-state index contributed by atoms with van der Waals surface area (Å²) in [5.74, 6) is 0.166. The molecule has 0 atom stereocenters. The first-order valence-corrected chi connectivity index (χ1v) is 6.00. The molecule has 1 aromatic carbocycles. The number of hydrogen-bond acceptors (Lipinski definition) is 3. The van der Waals surface area contributed by atoms with Gasteiger partial charge in [0.15, 0.2) is 6.61 Å². The highest BCUT2D eigenvalue weighted by molar-refractivity contribution is 7.12. The Kier molecular flexibility index (Phi) is 3.54. The molecule has 2 aromatic rings. The maximum absolute atomic E-state index is 12.8. The number of thiophene rings is 1. The molecule has 0 unspecified atom stereocenters. The van der Waals surface area contributed by atoms with Crippen LogP contribution in [0.25, 0.3) is 0 Å². The number of halogens is 1. The molecule has 2 rings (SSSR count). The van der Waals surface area contributed by atoms with Crippen molar-refractivity contribution in [2.75, 3.05) is 6.61 Å². The molecule has 0 aliphatic carbocycles. The van der Waals surface area contributed by atoms with E-state index in [0.717, 1.165) is 0 Å². The van der Waals surface area contributed by atoms with Gasteiger partial charge in [-0.25, -0.2) is 4.39 Å². The highest BCUT2D eigenvalue weighted by Gasteiger charge is 2.08. The summed E-state index contributed by atoms with van der Waals surface area (Å²) >= 11 is 1.38. The molecule has 0 radical (unpaired) electrons. The zero-order valence-electron chi connectivity index (χ0n) is 9.27. The van der Waals surface area contributed by atoms with Crippen LogP contribution in [-0.2, 0) is 0 Å². The molecular weight excluding hydrogens is 239 g/mol. The molecule has 0 spiro atoms. The van der Waals surface area contributed by atoms with Crippen LogP contribution in [0.2, 0.25) is 0 Å². The van der Waals surface area contributed by atoms with Gasteiger partial charge in [-0.3, -0.25) is 4.79 Å². The summed E-state index contributed by atoms with van der Waals surface area (Å²) in [5.41, 5.74) is 0.684. The van der Waals surface area contributed by atoms with E-state index in [1.54, 1.807) is 13.0 Å². The molecular formula is C13H11FO2S. The Morgan fingerprint density at radius 1 is 1.41 bits per heavy atom. The molecule has 0 saturated carbocycles. The zero-order valence-corrected chi connectivity index (χ0v) is 10.1. The van der Waals surface area contributed by atoms with E-state index >= 15 is 0 Å². The van der Waals surface area contributed by atoms with Crippen LogP contribution in [0.1, 0.15) is 15.2 Å². The second-order valence-corrected chi connectivity index (χ2v) is 4.55. The summed E-state index contributed by atoms with van der Waals surface area (Å²) in [6.45, 7) is 1.72. The number of hydrogen-bond donors (Lipinski definition) is 0. The molecule has 17 heavy (non-hydrogen) atoms. The Labute approximate surface area is 103 Å². The lowest BCUT2D eigenvalue weighted by Crippen LogP contribution is -2.10. The minimum atomic E-state index is -0.306. The quantitative estimate of drug-likeness (QED) is 0.777. The topological polar surface area (TPSA) is 26.3 Å². The summed E-state index contributed by atoms with van der Waals surface area (Å²) in [4.78, 5) is 12.3. The van der Waals surface area contributed by atoms with Crippen molar-refractivity contribution in [2.45, 2.75) is 6.92 Å². The molecule has 2 nitrogen and oxygen atoms in total. The van der Waals surface area contributed by atoms with Crippen molar-refractivity contribution in [3.8, 4) is 5.75 Å². The smallest absolute Gasteiger partial charge is 0.210 e. The maximum Gasteiger partial charge on any atom is 0.210 e.